The predicted octanol–water partition coefficient (Wildman–Crippen LogP) is 2.55. The van der Waals surface area contributed by atoms with Crippen molar-refractivity contribution in [1.29, 1.82) is 0 Å². The molecule has 0 aromatic carbocycles. The fourth-order valence-electron chi connectivity index (χ4n) is 1.12. The van der Waals surface area contributed by atoms with Gasteiger partial charge in [0.25, 0.3) is 5.91 Å². The van der Waals surface area contributed by atoms with Crippen LogP contribution in [0.3, 0.4) is 0 Å². The third kappa shape index (κ3) is 2.70. The van der Waals surface area contributed by atoms with Gasteiger partial charge in [0.1, 0.15) is 20.5 Å². The van der Waals surface area contributed by atoms with Gasteiger partial charge in [0.05, 0.1) is 12.4 Å². The SMILES string of the molecule is Cc1oncc1C(=O)Nc1ncc(Br)nc1Br. The van der Waals surface area contributed by atoms with Gasteiger partial charge in [0.15, 0.2) is 5.82 Å². The molecule has 2 rings (SSSR count). The minimum Gasteiger partial charge on any atom is -0.361 e. The fourth-order valence-corrected chi connectivity index (χ4v) is 2.03. The molecule has 0 saturated heterocycles. The van der Waals surface area contributed by atoms with E-state index in [2.05, 4.69) is 52.3 Å². The van der Waals surface area contributed by atoms with Gasteiger partial charge in [-0.15, -0.1) is 0 Å². The van der Waals surface area contributed by atoms with E-state index in [1.54, 1.807) is 6.92 Å². The molecule has 2 heterocycles. The Kier molecular flexibility index (Phi) is 3.53. The molecule has 8 heteroatoms. The van der Waals surface area contributed by atoms with Crippen molar-refractivity contribution in [3.8, 4) is 0 Å². The molecule has 17 heavy (non-hydrogen) atoms. The summed E-state index contributed by atoms with van der Waals surface area (Å²) in [4.78, 5) is 19.9. The van der Waals surface area contributed by atoms with E-state index in [1.165, 1.54) is 12.4 Å². The topological polar surface area (TPSA) is 80.9 Å². The van der Waals surface area contributed by atoms with Gasteiger partial charge in [-0.3, -0.25) is 4.79 Å². The van der Waals surface area contributed by atoms with Gasteiger partial charge in [-0.1, -0.05) is 5.16 Å². The minimum atomic E-state index is -0.346. The van der Waals surface area contributed by atoms with Crippen LogP contribution in [0.25, 0.3) is 0 Å². The quantitative estimate of drug-likeness (QED) is 0.888. The lowest BCUT2D eigenvalue weighted by Crippen LogP contribution is -2.14. The highest BCUT2D eigenvalue weighted by Gasteiger charge is 2.15. The number of anilines is 1. The first-order valence-corrected chi connectivity index (χ1v) is 6.07. The molecule has 1 N–H and O–H groups in total. The summed E-state index contributed by atoms with van der Waals surface area (Å²) in [5.41, 5.74) is 0.363. The van der Waals surface area contributed by atoms with E-state index >= 15 is 0 Å². The van der Waals surface area contributed by atoms with Crippen LogP contribution in [0.1, 0.15) is 16.1 Å². The van der Waals surface area contributed by atoms with E-state index in [4.69, 9.17) is 4.52 Å². The average Bonchev–Trinajstić information content (AvgIpc) is 2.68. The van der Waals surface area contributed by atoms with Gasteiger partial charge in [-0.2, -0.15) is 0 Å². The molecule has 0 aliphatic rings. The molecular weight excluding hydrogens is 356 g/mol. The van der Waals surface area contributed by atoms with Crippen molar-refractivity contribution >= 4 is 43.6 Å². The van der Waals surface area contributed by atoms with Crippen LogP contribution in [0.2, 0.25) is 0 Å². The molecule has 0 aliphatic carbocycles. The number of amides is 1. The third-order valence-corrected chi connectivity index (χ3v) is 2.86. The molecule has 2 aromatic rings. The van der Waals surface area contributed by atoms with Gasteiger partial charge in [-0.25, -0.2) is 9.97 Å². The molecule has 0 radical (unpaired) electrons. The van der Waals surface area contributed by atoms with Gasteiger partial charge in [-0.05, 0) is 38.8 Å². The fraction of sp³-hybridized carbons (Fsp3) is 0.111. The minimum absolute atomic E-state index is 0.332. The van der Waals surface area contributed by atoms with Crippen LogP contribution in [0, 0.1) is 6.92 Å². The Morgan fingerprint density at radius 2 is 2.18 bits per heavy atom. The van der Waals surface area contributed by atoms with E-state index in [1.807, 2.05) is 0 Å². The Hall–Kier alpha value is -1.28. The molecule has 0 fully saturated rings. The van der Waals surface area contributed by atoms with Gasteiger partial charge in [0, 0.05) is 0 Å². The number of nitrogens with one attached hydrogen (secondary N) is 1. The number of hydrogen-bond donors (Lipinski definition) is 1. The van der Waals surface area contributed by atoms with Crippen LogP contribution < -0.4 is 5.32 Å². The van der Waals surface area contributed by atoms with Crippen LogP contribution in [0.4, 0.5) is 5.82 Å². The Balaban J connectivity index is 2.22. The number of hydrogen-bond acceptors (Lipinski definition) is 5. The number of halogens is 2. The summed E-state index contributed by atoms with van der Waals surface area (Å²) >= 11 is 6.37. The maximum Gasteiger partial charge on any atom is 0.262 e. The Morgan fingerprint density at radius 3 is 2.76 bits per heavy atom. The second kappa shape index (κ2) is 4.92. The highest BCUT2D eigenvalue weighted by atomic mass is 79.9. The van der Waals surface area contributed by atoms with Crippen molar-refractivity contribution < 1.29 is 9.32 Å². The zero-order chi connectivity index (χ0) is 12.4. The molecule has 0 aliphatic heterocycles. The van der Waals surface area contributed by atoms with E-state index in [0.29, 0.717) is 26.3 Å². The average molecular weight is 362 g/mol. The lowest BCUT2D eigenvalue weighted by Gasteiger charge is -2.04. The van der Waals surface area contributed by atoms with Crippen molar-refractivity contribution in [3.63, 3.8) is 0 Å². The normalized spacial score (nSPS) is 10.3. The van der Waals surface area contributed by atoms with Gasteiger partial charge >= 0.3 is 0 Å². The van der Waals surface area contributed by atoms with Crippen molar-refractivity contribution in [2.24, 2.45) is 0 Å². The lowest BCUT2D eigenvalue weighted by molar-refractivity contribution is 0.102. The van der Waals surface area contributed by atoms with E-state index < -0.39 is 0 Å². The number of carbonyl (C=O) groups excluding carboxylic acids is 1. The summed E-state index contributed by atoms with van der Waals surface area (Å²) in [6, 6.07) is 0. The molecule has 0 unspecified atom stereocenters. The lowest BCUT2D eigenvalue weighted by atomic mass is 10.2. The standard InChI is InChI=1S/C9H6Br2N4O2/c1-4-5(2-13-17-4)9(16)15-8-7(11)14-6(10)3-12-8/h2-3H,1H3,(H,12,15,16). The Labute approximate surface area is 113 Å². The van der Waals surface area contributed by atoms with Crippen LogP contribution in [0.5, 0.6) is 0 Å². The number of nitrogens with zero attached hydrogens (tertiary/aromatic N) is 3. The van der Waals surface area contributed by atoms with Crippen molar-refractivity contribution in [2.75, 3.05) is 5.32 Å². The Morgan fingerprint density at radius 1 is 1.41 bits per heavy atom. The number of aryl methyl sites for hydroxylation is 1. The van der Waals surface area contributed by atoms with Gasteiger partial charge in [0.2, 0.25) is 0 Å². The molecule has 0 spiro atoms. The molecule has 0 bridgehead atoms. The summed E-state index contributed by atoms with van der Waals surface area (Å²) < 4.78 is 5.82. The highest BCUT2D eigenvalue weighted by Crippen LogP contribution is 2.20. The maximum atomic E-state index is 11.8. The highest BCUT2D eigenvalue weighted by molar-refractivity contribution is 9.11. The van der Waals surface area contributed by atoms with E-state index in [0.717, 1.165) is 0 Å². The zero-order valence-corrected chi connectivity index (χ0v) is 11.7. The summed E-state index contributed by atoms with van der Waals surface area (Å²) in [6.45, 7) is 1.66. The second-order valence-electron chi connectivity index (χ2n) is 3.08. The van der Waals surface area contributed by atoms with Crippen LogP contribution >= 0.6 is 31.9 Å². The first-order chi connectivity index (χ1) is 8.08. The first kappa shape index (κ1) is 12.2. The smallest absolute Gasteiger partial charge is 0.262 e. The van der Waals surface area contributed by atoms with Crippen LogP contribution in [-0.4, -0.2) is 21.0 Å². The molecule has 88 valence electrons. The molecule has 0 atom stereocenters. The number of aromatic nitrogens is 3. The number of rotatable bonds is 2. The molecule has 2 aromatic heterocycles. The molecular formula is C9H6Br2N4O2. The first-order valence-electron chi connectivity index (χ1n) is 4.48. The van der Waals surface area contributed by atoms with E-state index in [9.17, 15) is 4.79 Å². The van der Waals surface area contributed by atoms with Crippen molar-refractivity contribution in [3.05, 3.63) is 32.9 Å². The van der Waals surface area contributed by atoms with Crippen molar-refractivity contribution in [2.45, 2.75) is 6.92 Å². The van der Waals surface area contributed by atoms with E-state index in [-0.39, 0.29) is 5.91 Å². The molecule has 0 saturated carbocycles. The van der Waals surface area contributed by atoms with Gasteiger partial charge < -0.3 is 9.84 Å². The summed E-state index contributed by atoms with van der Waals surface area (Å²) in [5.74, 6) is 0.434. The van der Waals surface area contributed by atoms with Crippen LogP contribution in [0.15, 0.2) is 26.1 Å². The molecule has 1 amide bonds. The monoisotopic (exact) mass is 360 g/mol. The summed E-state index contributed by atoms with van der Waals surface area (Å²) in [7, 11) is 0. The van der Waals surface area contributed by atoms with Crippen molar-refractivity contribution in [1.82, 2.24) is 15.1 Å². The largest absolute Gasteiger partial charge is 0.361 e. The number of carbonyl (C=O) groups is 1. The summed E-state index contributed by atoms with van der Waals surface area (Å²) in [5, 5.41) is 6.13. The van der Waals surface area contributed by atoms with Crippen LogP contribution in [-0.2, 0) is 0 Å². The Bertz CT molecular complexity index is 570. The summed E-state index contributed by atoms with van der Waals surface area (Å²) in [6.07, 6.45) is 2.84. The third-order valence-electron chi connectivity index (χ3n) is 1.93. The predicted molar refractivity (Wildman–Crippen MR) is 66.6 cm³/mol. The zero-order valence-electron chi connectivity index (χ0n) is 8.57. The second-order valence-corrected chi connectivity index (χ2v) is 4.65. The molecule has 6 nitrogen and oxygen atoms in total. The maximum absolute atomic E-state index is 11.8.